The molecule has 2 atom stereocenters. The van der Waals surface area contributed by atoms with Gasteiger partial charge in [0.25, 0.3) is 5.91 Å². The monoisotopic (exact) mass is 938 g/mol. The number of aryl methyl sites for hydroxylation is 2. The molecule has 0 fully saturated rings. The van der Waals surface area contributed by atoms with Crippen LogP contribution in [0.5, 0.6) is 0 Å². The molecule has 0 spiro atoms. The lowest BCUT2D eigenvalue weighted by Crippen LogP contribution is -2.38. The minimum atomic E-state index is -1.10. The normalized spacial score (nSPS) is 12.6. The second kappa shape index (κ2) is 19.5. The van der Waals surface area contributed by atoms with E-state index in [4.69, 9.17) is 46.7 Å². The summed E-state index contributed by atoms with van der Waals surface area (Å²) in [4.78, 5) is 52.2. The van der Waals surface area contributed by atoms with Gasteiger partial charge in [0.05, 0.1) is 17.9 Å². The first-order chi connectivity index (χ1) is 33.1. The molecule has 3 N–H and O–H groups in total. The zero-order chi connectivity index (χ0) is 47.4. The second-order valence-electron chi connectivity index (χ2n) is 15.0. The Balaban J connectivity index is 0.909. The molecule has 19 nitrogen and oxygen atoms in total. The van der Waals surface area contributed by atoms with Gasteiger partial charge in [-0.05, 0) is 30.5 Å². The summed E-state index contributed by atoms with van der Waals surface area (Å²) in [7, 11) is 3.99. The number of oxazole rings is 6. The summed E-state index contributed by atoms with van der Waals surface area (Å²) in [5, 5.41) is 2.78. The van der Waals surface area contributed by atoms with Gasteiger partial charge in [-0.1, -0.05) is 91.0 Å². The van der Waals surface area contributed by atoms with Gasteiger partial charge in [0, 0.05) is 20.0 Å². The topological polar surface area (TPSA) is 256 Å². The van der Waals surface area contributed by atoms with Crippen molar-refractivity contribution < 1.29 is 50.3 Å². The van der Waals surface area contributed by atoms with Crippen LogP contribution in [0.2, 0.25) is 0 Å². The SMILES string of the molecule is COC(=O)c1coc(-c2coc(-c3coc(C(NC(=O)c4coc(-c5nc(-c6nc(C(N)CSC(c7ccccc7)(c7ccccc7)c7ccccc7)oc6C)oc5C)n4)C(OC)OC)n3)n2)n1. The Morgan fingerprint density at radius 2 is 1.15 bits per heavy atom. The molecule has 9 aromatic rings. The van der Waals surface area contributed by atoms with Crippen LogP contribution in [0.3, 0.4) is 0 Å². The molecule has 0 aliphatic carbocycles. The highest BCUT2D eigenvalue weighted by molar-refractivity contribution is 8.00. The van der Waals surface area contributed by atoms with Gasteiger partial charge in [-0.15, -0.1) is 11.8 Å². The summed E-state index contributed by atoms with van der Waals surface area (Å²) in [5.41, 5.74) is 11.0. The van der Waals surface area contributed by atoms with Crippen LogP contribution in [0.25, 0.3) is 46.3 Å². The molecule has 0 saturated carbocycles. The largest absolute Gasteiger partial charge is 0.464 e. The number of nitrogens with two attached hydrogens (primary N) is 1. The fraction of sp³-hybridized carbons (Fsp3) is 0.208. The van der Waals surface area contributed by atoms with Gasteiger partial charge in [0.2, 0.25) is 35.3 Å². The summed E-state index contributed by atoms with van der Waals surface area (Å²) in [5.74, 6) is 0.354. The minimum absolute atomic E-state index is 0.00523. The zero-order valence-electron chi connectivity index (χ0n) is 37.1. The van der Waals surface area contributed by atoms with Crippen molar-refractivity contribution in [1.82, 2.24) is 35.2 Å². The first-order valence-electron chi connectivity index (χ1n) is 20.9. The van der Waals surface area contributed by atoms with E-state index < -0.39 is 35.0 Å². The fourth-order valence-corrected chi connectivity index (χ4v) is 8.93. The highest BCUT2D eigenvalue weighted by atomic mass is 32.2. The maximum absolute atomic E-state index is 13.7. The van der Waals surface area contributed by atoms with Crippen LogP contribution in [-0.4, -0.2) is 75.2 Å². The number of aromatic nitrogens is 6. The summed E-state index contributed by atoms with van der Waals surface area (Å²) in [6, 6.07) is 29.3. The minimum Gasteiger partial charge on any atom is -0.464 e. The molecule has 2 unspecified atom stereocenters. The van der Waals surface area contributed by atoms with Gasteiger partial charge >= 0.3 is 5.97 Å². The Morgan fingerprint density at radius 3 is 1.78 bits per heavy atom. The van der Waals surface area contributed by atoms with E-state index in [2.05, 4.69) is 71.4 Å². The van der Waals surface area contributed by atoms with Crippen molar-refractivity contribution in [2.75, 3.05) is 27.1 Å². The van der Waals surface area contributed by atoms with E-state index in [9.17, 15) is 9.59 Å². The van der Waals surface area contributed by atoms with E-state index in [0.29, 0.717) is 28.9 Å². The van der Waals surface area contributed by atoms with Crippen molar-refractivity contribution in [3.05, 3.63) is 167 Å². The standard InChI is InChI=1S/C48H42N8O11S/c1-26-36(43-50-32(21-64-43)39(57)54-38(47(60-4)61-5)44-52-34(23-65-44)41-51-33(22-62-41)42-53-35(24-63-42)46(58)59-3)56-45(67-26)37-27(2)66-40(55-37)31(49)25-68-48(28-15-9-6-10-16-28,29-17-11-7-12-18-29)30-19-13-8-14-20-30/h6-24,31,38,47H,25,49H2,1-5H3,(H,54,57). The third-order valence-electron chi connectivity index (χ3n) is 10.7. The van der Waals surface area contributed by atoms with Crippen LogP contribution in [-0.2, 0) is 19.0 Å². The predicted molar refractivity (Wildman–Crippen MR) is 242 cm³/mol. The molecule has 20 heteroatoms. The number of nitrogens with one attached hydrogen (secondary N) is 1. The van der Waals surface area contributed by atoms with Gasteiger partial charge in [0.1, 0.15) is 36.6 Å². The summed E-state index contributed by atoms with van der Waals surface area (Å²) >= 11 is 1.70. The number of rotatable bonds is 18. The number of carbonyl (C=O) groups is 2. The highest BCUT2D eigenvalue weighted by Crippen LogP contribution is 2.49. The van der Waals surface area contributed by atoms with Gasteiger partial charge < -0.3 is 51.8 Å². The van der Waals surface area contributed by atoms with Crippen LogP contribution in [0.4, 0.5) is 0 Å². The van der Waals surface area contributed by atoms with Crippen molar-refractivity contribution in [1.29, 1.82) is 0 Å². The summed E-state index contributed by atoms with van der Waals surface area (Å²) in [6.45, 7) is 3.44. The zero-order valence-corrected chi connectivity index (χ0v) is 37.9. The highest BCUT2D eigenvalue weighted by Gasteiger charge is 2.38. The number of ether oxygens (including phenoxy) is 3. The van der Waals surface area contributed by atoms with Crippen LogP contribution in [0, 0.1) is 13.8 Å². The van der Waals surface area contributed by atoms with E-state index in [1.807, 2.05) is 54.6 Å². The molecule has 1 amide bonds. The fourth-order valence-electron chi connectivity index (χ4n) is 7.45. The molecule has 0 bridgehead atoms. The van der Waals surface area contributed by atoms with E-state index in [-0.39, 0.29) is 57.9 Å². The lowest BCUT2D eigenvalue weighted by molar-refractivity contribution is -0.126. The number of carbonyl (C=O) groups excluding carboxylic acids is 2. The average Bonchev–Trinajstić information content (AvgIpc) is 4.24. The van der Waals surface area contributed by atoms with Crippen molar-refractivity contribution in [3.8, 4) is 46.3 Å². The Bertz CT molecular complexity index is 3040. The average molecular weight is 939 g/mol. The molecule has 0 radical (unpaired) electrons. The summed E-state index contributed by atoms with van der Waals surface area (Å²) < 4.78 is 49.7. The number of methoxy groups -OCH3 is 3. The van der Waals surface area contributed by atoms with E-state index in [1.165, 1.54) is 40.1 Å². The molecule has 6 aromatic heterocycles. The van der Waals surface area contributed by atoms with Crippen molar-refractivity contribution >= 4 is 23.6 Å². The van der Waals surface area contributed by atoms with Crippen LogP contribution in [0.15, 0.2) is 143 Å². The first kappa shape index (κ1) is 45.3. The predicted octanol–water partition coefficient (Wildman–Crippen LogP) is 8.50. The van der Waals surface area contributed by atoms with Crippen LogP contribution >= 0.6 is 11.8 Å². The lowest BCUT2D eigenvalue weighted by atomic mass is 9.84. The number of amides is 1. The molecular formula is C48H42N8O11S. The van der Waals surface area contributed by atoms with Gasteiger partial charge in [0.15, 0.2) is 46.5 Å². The number of nitrogens with zero attached hydrogens (tertiary/aromatic N) is 6. The molecule has 0 aliphatic rings. The molecule has 3 aromatic carbocycles. The summed E-state index contributed by atoms with van der Waals surface area (Å²) in [6.07, 6.45) is 3.77. The van der Waals surface area contributed by atoms with Crippen LogP contribution in [0.1, 0.15) is 73.1 Å². The third kappa shape index (κ3) is 8.87. The molecule has 346 valence electrons. The Morgan fingerprint density at radius 1 is 0.618 bits per heavy atom. The maximum Gasteiger partial charge on any atom is 0.360 e. The third-order valence-corrected chi connectivity index (χ3v) is 12.4. The van der Waals surface area contributed by atoms with Crippen molar-refractivity contribution in [3.63, 3.8) is 0 Å². The molecule has 0 aliphatic heterocycles. The van der Waals surface area contributed by atoms with E-state index in [1.54, 1.807) is 25.6 Å². The molecular weight excluding hydrogens is 897 g/mol. The van der Waals surface area contributed by atoms with Gasteiger partial charge in [-0.2, -0.15) is 0 Å². The number of esters is 1. The number of hydrogen-bond donors (Lipinski definition) is 2. The Labute approximate surface area is 391 Å². The quantitative estimate of drug-likeness (QED) is 0.0464. The van der Waals surface area contributed by atoms with Crippen LogP contribution < -0.4 is 11.1 Å². The first-order valence-corrected chi connectivity index (χ1v) is 21.9. The number of thioether (sulfide) groups is 1. The smallest absolute Gasteiger partial charge is 0.360 e. The van der Waals surface area contributed by atoms with Gasteiger partial charge in [-0.3, -0.25) is 4.79 Å². The molecule has 9 rings (SSSR count). The van der Waals surface area contributed by atoms with E-state index >= 15 is 0 Å². The van der Waals surface area contributed by atoms with Gasteiger partial charge in [-0.25, -0.2) is 34.7 Å². The second-order valence-corrected chi connectivity index (χ2v) is 16.3. The molecule has 6 heterocycles. The Hall–Kier alpha value is -7.91. The molecule has 0 saturated heterocycles. The Kier molecular flexibility index (Phi) is 13.0. The number of benzene rings is 3. The molecule has 68 heavy (non-hydrogen) atoms. The van der Waals surface area contributed by atoms with Crippen molar-refractivity contribution in [2.24, 2.45) is 5.73 Å². The van der Waals surface area contributed by atoms with E-state index in [0.717, 1.165) is 23.0 Å². The van der Waals surface area contributed by atoms with Crippen molar-refractivity contribution in [2.45, 2.75) is 37.0 Å². The number of hydrogen-bond acceptors (Lipinski definition) is 19. The lowest BCUT2D eigenvalue weighted by Gasteiger charge is -2.36. The maximum atomic E-state index is 13.7.